The topological polar surface area (TPSA) is 50.4 Å². The van der Waals surface area contributed by atoms with Crippen LogP contribution in [0.25, 0.3) is 0 Å². The summed E-state index contributed by atoms with van der Waals surface area (Å²) in [6.45, 7) is 15.2. The van der Waals surface area contributed by atoms with Gasteiger partial charge in [0.25, 0.3) is 0 Å². The first kappa shape index (κ1) is 16.0. The highest BCUT2D eigenvalue weighted by Crippen LogP contribution is 2.07. The number of ether oxygens (including phenoxy) is 1. The predicted molar refractivity (Wildman–Crippen MR) is 71.1 cm³/mol. The maximum Gasteiger partial charge on any atom is 0.407 e. The van der Waals surface area contributed by atoms with Crippen molar-refractivity contribution in [1.29, 1.82) is 0 Å². The average Bonchev–Trinajstić information content (AvgIpc) is 2.14. The second-order valence-electron chi connectivity index (χ2n) is 5.41. The lowest BCUT2D eigenvalue weighted by Crippen LogP contribution is -2.49. The molecule has 4 heteroatoms. The van der Waals surface area contributed by atoms with E-state index < -0.39 is 5.60 Å². The molecule has 0 aromatic carbocycles. The van der Waals surface area contributed by atoms with E-state index in [1.165, 1.54) is 0 Å². The smallest absolute Gasteiger partial charge is 0.407 e. The Bertz CT molecular complexity index is 259. The molecule has 0 fully saturated rings. The van der Waals surface area contributed by atoms with E-state index in [9.17, 15) is 4.79 Å². The molecule has 0 aliphatic heterocycles. The van der Waals surface area contributed by atoms with Crippen LogP contribution >= 0.6 is 0 Å². The van der Waals surface area contributed by atoms with Gasteiger partial charge in [0.2, 0.25) is 0 Å². The molecule has 1 amide bonds. The van der Waals surface area contributed by atoms with Crippen molar-refractivity contribution in [3.05, 3.63) is 12.7 Å². The molecular formula is C13H26N2O2. The Labute approximate surface area is 105 Å². The Balaban J connectivity index is 4.11. The second-order valence-corrected chi connectivity index (χ2v) is 5.41. The van der Waals surface area contributed by atoms with Gasteiger partial charge in [-0.15, -0.1) is 6.58 Å². The first-order chi connectivity index (χ1) is 7.65. The molecule has 0 bridgehead atoms. The minimum atomic E-state index is -0.463. The number of nitrogens with one attached hydrogen (secondary N) is 2. The molecule has 0 spiro atoms. The summed E-state index contributed by atoms with van der Waals surface area (Å²) < 4.78 is 5.19. The van der Waals surface area contributed by atoms with E-state index in [2.05, 4.69) is 17.2 Å². The van der Waals surface area contributed by atoms with Crippen LogP contribution in [0.15, 0.2) is 12.7 Å². The van der Waals surface area contributed by atoms with Crippen LogP contribution in [-0.2, 0) is 4.74 Å². The molecular weight excluding hydrogens is 216 g/mol. The van der Waals surface area contributed by atoms with Gasteiger partial charge in [-0.3, -0.25) is 0 Å². The molecule has 0 aromatic rings. The van der Waals surface area contributed by atoms with Crippen LogP contribution < -0.4 is 10.6 Å². The molecule has 3 atom stereocenters. The molecule has 4 nitrogen and oxygen atoms in total. The van der Waals surface area contributed by atoms with Crippen LogP contribution in [0.4, 0.5) is 4.79 Å². The summed E-state index contributed by atoms with van der Waals surface area (Å²) in [6.07, 6.45) is 1.45. The minimum absolute atomic E-state index is 0.00718. The van der Waals surface area contributed by atoms with E-state index in [1.54, 1.807) is 0 Å². The lowest BCUT2D eigenvalue weighted by atomic mass is 10.1. The Morgan fingerprint density at radius 1 is 1.24 bits per heavy atom. The van der Waals surface area contributed by atoms with E-state index in [0.29, 0.717) is 0 Å². The largest absolute Gasteiger partial charge is 0.444 e. The standard InChI is InChI=1S/C13H26N2O2/c1-8-9(2)14-10(3)11(4)15-12(16)17-13(5,6)7/h8-11,14H,1H2,2-7H3,(H,15,16). The molecule has 0 aliphatic carbocycles. The van der Waals surface area contributed by atoms with E-state index in [-0.39, 0.29) is 24.2 Å². The lowest BCUT2D eigenvalue weighted by Gasteiger charge is -2.26. The predicted octanol–water partition coefficient (Wildman–Crippen LogP) is 2.45. The zero-order valence-electron chi connectivity index (χ0n) is 11.8. The number of rotatable bonds is 5. The average molecular weight is 242 g/mol. The summed E-state index contributed by atoms with van der Waals surface area (Å²) in [5.74, 6) is 0. The van der Waals surface area contributed by atoms with Gasteiger partial charge < -0.3 is 15.4 Å². The molecule has 0 saturated heterocycles. The minimum Gasteiger partial charge on any atom is -0.444 e. The van der Waals surface area contributed by atoms with Gasteiger partial charge in [0.15, 0.2) is 0 Å². The van der Waals surface area contributed by atoms with Gasteiger partial charge in [-0.25, -0.2) is 4.79 Å². The van der Waals surface area contributed by atoms with Gasteiger partial charge in [-0.2, -0.15) is 0 Å². The fraction of sp³-hybridized carbons (Fsp3) is 0.769. The van der Waals surface area contributed by atoms with E-state index in [4.69, 9.17) is 4.74 Å². The number of alkyl carbamates (subject to hydrolysis) is 1. The highest BCUT2D eigenvalue weighted by molar-refractivity contribution is 5.68. The summed E-state index contributed by atoms with van der Waals surface area (Å²) in [4.78, 5) is 11.5. The summed E-state index contributed by atoms with van der Waals surface area (Å²) in [5, 5.41) is 6.12. The summed E-state index contributed by atoms with van der Waals surface area (Å²) in [5.41, 5.74) is -0.463. The fourth-order valence-corrected chi connectivity index (χ4v) is 1.25. The van der Waals surface area contributed by atoms with Crippen molar-refractivity contribution in [2.24, 2.45) is 0 Å². The van der Waals surface area contributed by atoms with Gasteiger partial charge in [0.1, 0.15) is 5.60 Å². The Hall–Kier alpha value is -1.03. The van der Waals surface area contributed by atoms with E-state index >= 15 is 0 Å². The highest BCUT2D eigenvalue weighted by atomic mass is 16.6. The normalized spacial score (nSPS) is 16.8. The van der Waals surface area contributed by atoms with Gasteiger partial charge >= 0.3 is 6.09 Å². The van der Waals surface area contributed by atoms with Crippen LogP contribution in [0.5, 0.6) is 0 Å². The zero-order chi connectivity index (χ0) is 13.6. The van der Waals surface area contributed by atoms with Crippen molar-refractivity contribution in [3.63, 3.8) is 0 Å². The van der Waals surface area contributed by atoms with E-state index in [0.717, 1.165) is 0 Å². The van der Waals surface area contributed by atoms with Crippen molar-refractivity contribution >= 4 is 6.09 Å². The van der Waals surface area contributed by atoms with Crippen molar-refractivity contribution in [3.8, 4) is 0 Å². The highest BCUT2D eigenvalue weighted by Gasteiger charge is 2.20. The summed E-state index contributed by atoms with van der Waals surface area (Å²) >= 11 is 0. The molecule has 2 N–H and O–H groups in total. The lowest BCUT2D eigenvalue weighted by molar-refractivity contribution is 0.0499. The molecule has 3 unspecified atom stereocenters. The third-order valence-electron chi connectivity index (χ3n) is 2.37. The number of amides is 1. The Morgan fingerprint density at radius 2 is 1.76 bits per heavy atom. The fourth-order valence-electron chi connectivity index (χ4n) is 1.25. The van der Waals surface area contributed by atoms with Crippen LogP contribution in [0, 0.1) is 0 Å². The van der Waals surface area contributed by atoms with Crippen LogP contribution in [-0.4, -0.2) is 29.8 Å². The van der Waals surface area contributed by atoms with Gasteiger partial charge in [-0.1, -0.05) is 6.08 Å². The van der Waals surface area contributed by atoms with Gasteiger partial charge in [0.05, 0.1) is 0 Å². The van der Waals surface area contributed by atoms with Crippen molar-refractivity contribution in [2.45, 2.75) is 65.3 Å². The Morgan fingerprint density at radius 3 is 2.18 bits per heavy atom. The molecule has 0 aromatic heterocycles. The van der Waals surface area contributed by atoms with E-state index in [1.807, 2.05) is 47.6 Å². The third kappa shape index (κ3) is 7.80. The van der Waals surface area contributed by atoms with Gasteiger partial charge in [-0.05, 0) is 41.5 Å². The molecule has 0 rings (SSSR count). The number of carbonyl (C=O) groups excluding carboxylic acids is 1. The third-order valence-corrected chi connectivity index (χ3v) is 2.37. The number of hydrogen-bond acceptors (Lipinski definition) is 3. The molecule has 17 heavy (non-hydrogen) atoms. The van der Waals surface area contributed by atoms with Crippen molar-refractivity contribution < 1.29 is 9.53 Å². The molecule has 0 radical (unpaired) electrons. The number of carbonyl (C=O) groups is 1. The summed E-state index contributed by atoms with van der Waals surface area (Å²) in [7, 11) is 0. The quantitative estimate of drug-likeness (QED) is 0.728. The maximum atomic E-state index is 11.5. The zero-order valence-corrected chi connectivity index (χ0v) is 11.8. The van der Waals surface area contributed by atoms with Crippen LogP contribution in [0.1, 0.15) is 41.5 Å². The maximum absolute atomic E-state index is 11.5. The summed E-state index contributed by atoms with van der Waals surface area (Å²) in [6, 6.07) is 0.357. The van der Waals surface area contributed by atoms with Crippen LogP contribution in [0.2, 0.25) is 0 Å². The molecule has 0 saturated carbocycles. The van der Waals surface area contributed by atoms with Crippen molar-refractivity contribution in [1.82, 2.24) is 10.6 Å². The Kier molecular flexibility index (Phi) is 6.24. The van der Waals surface area contributed by atoms with Gasteiger partial charge in [0, 0.05) is 18.1 Å². The first-order valence-electron chi connectivity index (χ1n) is 6.04. The monoisotopic (exact) mass is 242 g/mol. The SMILES string of the molecule is C=CC(C)NC(C)C(C)NC(=O)OC(C)(C)C. The first-order valence-corrected chi connectivity index (χ1v) is 6.04. The second kappa shape index (κ2) is 6.64. The molecule has 0 heterocycles. The molecule has 100 valence electrons. The number of hydrogen-bond donors (Lipinski definition) is 2. The van der Waals surface area contributed by atoms with Crippen molar-refractivity contribution in [2.75, 3.05) is 0 Å². The van der Waals surface area contributed by atoms with Crippen LogP contribution in [0.3, 0.4) is 0 Å². The molecule has 0 aliphatic rings.